The number of carbonyl (C=O) groups is 2. The molecule has 9 heteroatoms. The smallest absolute Gasteiger partial charge is 0.371 e. The minimum absolute atomic E-state index is 0.0000569. The highest BCUT2D eigenvalue weighted by Gasteiger charge is 2.16. The monoisotopic (exact) mass is 395 g/mol. The van der Waals surface area contributed by atoms with Gasteiger partial charge in [-0.1, -0.05) is 29.8 Å². The molecule has 0 radical (unpaired) electrons. The summed E-state index contributed by atoms with van der Waals surface area (Å²) < 4.78 is 27.2. The first-order valence-corrected chi connectivity index (χ1v) is 9.03. The van der Waals surface area contributed by atoms with E-state index in [0.29, 0.717) is 11.1 Å². The molecule has 0 aliphatic carbocycles. The number of sulfonamides is 1. The number of rotatable bonds is 6. The number of nitrogens with one attached hydrogen (secondary N) is 1. The first kappa shape index (κ1) is 19.5. The van der Waals surface area contributed by atoms with Gasteiger partial charge < -0.3 is 10.2 Å². The Balaban J connectivity index is 2.30. The Kier molecular flexibility index (Phi) is 5.69. The summed E-state index contributed by atoms with van der Waals surface area (Å²) in [4.78, 5) is 22.4. The third-order valence-electron chi connectivity index (χ3n) is 3.34. The van der Waals surface area contributed by atoms with E-state index in [4.69, 9.17) is 21.8 Å². The van der Waals surface area contributed by atoms with Gasteiger partial charge in [-0.25, -0.2) is 13.2 Å². The molecule has 7 nitrogen and oxygen atoms in total. The minimum Gasteiger partial charge on any atom is -0.502 e. The standard InChI is InChI=1S/C17H14ClNO6S/c1-10-5-6-13(8-14(10)18)26(24,25)19-12-4-2-3-11(7-12)15(20)9-16(21)17(22)23/h2-9,19,21H,1H3,(H,22,23). The van der Waals surface area contributed by atoms with Crippen LogP contribution in [0, 0.1) is 6.92 Å². The Bertz CT molecular complexity index is 1010. The van der Waals surface area contributed by atoms with Crippen LogP contribution >= 0.6 is 11.6 Å². The molecule has 0 atom stereocenters. The number of halogens is 1. The number of carbonyl (C=O) groups excluding carboxylic acids is 1. The molecule has 2 rings (SSSR count). The highest BCUT2D eigenvalue weighted by molar-refractivity contribution is 7.92. The van der Waals surface area contributed by atoms with Gasteiger partial charge in [0, 0.05) is 22.3 Å². The number of carboxylic acids is 1. The Morgan fingerprint density at radius 1 is 1.12 bits per heavy atom. The van der Waals surface area contributed by atoms with E-state index in [1.54, 1.807) is 13.0 Å². The van der Waals surface area contributed by atoms with Crippen LogP contribution in [0.15, 0.2) is 59.2 Å². The van der Waals surface area contributed by atoms with Crippen LogP contribution < -0.4 is 4.72 Å². The molecule has 0 spiro atoms. The Morgan fingerprint density at radius 3 is 2.42 bits per heavy atom. The highest BCUT2D eigenvalue weighted by Crippen LogP contribution is 2.22. The molecule has 0 fully saturated rings. The first-order valence-electron chi connectivity index (χ1n) is 7.17. The maximum absolute atomic E-state index is 12.4. The molecular weight excluding hydrogens is 382 g/mol. The zero-order chi connectivity index (χ0) is 19.5. The number of aliphatic hydroxyl groups excluding tert-OH is 1. The number of benzene rings is 2. The molecule has 2 aromatic rings. The van der Waals surface area contributed by atoms with E-state index >= 15 is 0 Å². The average Bonchev–Trinajstić information content (AvgIpc) is 2.56. The zero-order valence-corrected chi connectivity index (χ0v) is 15.0. The third kappa shape index (κ3) is 4.62. The van der Waals surface area contributed by atoms with E-state index in [1.807, 2.05) is 0 Å². The number of allylic oxidation sites excluding steroid dienone is 1. The molecule has 2 aromatic carbocycles. The lowest BCUT2D eigenvalue weighted by Gasteiger charge is -2.10. The lowest BCUT2D eigenvalue weighted by molar-refractivity contribution is -0.135. The maximum Gasteiger partial charge on any atom is 0.371 e. The Labute approximate surface area is 154 Å². The van der Waals surface area contributed by atoms with Crippen molar-refractivity contribution in [3.63, 3.8) is 0 Å². The van der Waals surface area contributed by atoms with Gasteiger partial charge in [-0.15, -0.1) is 0 Å². The molecule has 0 bridgehead atoms. The van der Waals surface area contributed by atoms with E-state index < -0.39 is 27.5 Å². The van der Waals surface area contributed by atoms with Crippen molar-refractivity contribution in [2.24, 2.45) is 0 Å². The summed E-state index contributed by atoms with van der Waals surface area (Å²) >= 11 is 5.95. The van der Waals surface area contributed by atoms with Gasteiger partial charge in [0.1, 0.15) is 0 Å². The van der Waals surface area contributed by atoms with Crippen LogP contribution in [0.5, 0.6) is 0 Å². The molecule has 136 valence electrons. The molecule has 0 aliphatic heterocycles. The van der Waals surface area contributed by atoms with Crippen molar-refractivity contribution in [2.45, 2.75) is 11.8 Å². The van der Waals surface area contributed by atoms with Gasteiger partial charge in [0.25, 0.3) is 10.0 Å². The number of anilines is 1. The van der Waals surface area contributed by atoms with Gasteiger partial charge in [0.15, 0.2) is 5.78 Å². The number of aliphatic hydroxyl groups is 1. The van der Waals surface area contributed by atoms with Crippen molar-refractivity contribution >= 4 is 39.1 Å². The number of hydrogen-bond donors (Lipinski definition) is 3. The highest BCUT2D eigenvalue weighted by atomic mass is 35.5. The molecule has 0 aliphatic rings. The van der Waals surface area contributed by atoms with Crippen molar-refractivity contribution in [1.29, 1.82) is 0 Å². The van der Waals surface area contributed by atoms with Crippen molar-refractivity contribution < 1.29 is 28.2 Å². The van der Waals surface area contributed by atoms with Gasteiger partial charge >= 0.3 is 5.97 Å². The molecule has 0 saturated heterocycles. The van der Waals surface area contributed by atoms with E-state index in [9.17, 15) is 18.0 Å². The Morgan fingerprint density at radius 2 is 1.81 bits per heavy atom. The minimum atomic E-state index is -3.94. The van der Waals surface area contributed by atoms with Crippen molar-refractivity contribution in [3.05, 3.63) is 70.4 Å². The van der Waals surface area contributed by atoms with Crippen LogP contribution in [0.2, 0.25) is 5.02 Å². The molecule has 0 aromatic heterocycles. The second-order valence-electron chi connectivity index (χ2n) is 5.30. The Hall–Kier alpha value is -2.84. The molecule has 26 heavy (non-hydrogen) atoms. The van der Waals surface area contributed by atoms with Gasteiger partial charge in [0.2, 0.25) is 5.76 Å². The predicted octanol–water partition coefficient (Wildman–Crippen LogP) is 3.16. The zero-order valence-electron chi connectivity index (χ0n) is 13.4. The quantitative estimate of drug-likeness (QED) is 0.392. The summed E-state index contributed by atoms with van der Waals surface area (Å²) in [5.41, 5.74) is 0.818. The summed E-state index contributed by atoms with van der Waals surface area (Å²) in [5, 5.41) is 18.0. The molecule has 0 unspecified atom stereocenters. The summed E-state index contributed by atoms with van der Waals surface area (Å²) in [7, 11) is -3.94. The lowest BCUT2D eigenvalue weighted by Crippen LogP contribution is -2.13. The van der Waals surface area contributed by atoms with Crippen LogP contribution in [0.4, 0.5) is 5.69 Å². The fourth-order valence-corrected chi connectivity index (χ4v) is 3.28. The van der Waals surface area contributed by atoms with Crippen LogP contribution in [0.3, 0.4) is 0 Å². The van der Waals surface area contributed by atoms with Gasteiger partial charge in [-0.3, -0.25) is 9.52 Å². The second-order valence-corrected chi connectivity index (χ2v) is 7.39. The summed E-state index contributed by atoms with van der Waals surface area (Å²) in [6, 6.07) is 9.68. The largest absolute Gasteiger partial charge is 0.502 e. The predicted molar refractivity (Wildman–Crippen MR) is 96.1 cm³/mol. The van der Waals surface area contributed by atoms with Gasteiger partial charge in [-0.05, 0) is 36.8 Å². The molecule has 3 N–H and O–H groups in total. The summed E-state index contributed by atoms with van der Waals surface area (Å²) in [6.07, 6.45) is 0.537. The first-order chi connectivity index (χ1) is 12.1. The molecule has 0 heterocycles. The SMILES string of the molecule is Cc1ccc(S(=O)(=O)Nc2cccc(C(=O)C=C(O)C(=O)O)c2)cc1Cl. The molecule has 0 amide bonds. The van der Waals surface area contributed by atoms with Crippen LogP contribution in [0.25, 0.3) is 0 Å². The molecule has 0 saturated carbocycles. The average molecular weight is 396 g/mol. The normalized spacial score (nSPS) is 11.8. The summed E-state index contributed by atoms with van der Waals surface area (Å²) in [6.45, 7) is 1.74. The van der Waals surface area contributed by atoms with Crippen molar-refractivity contribution in [3.8, 4) is 0 Å². The third-order valence-corrected chi connectivity index (χ3v) is 5.13. The fourth-order valence-electron chi connectivity index (χ4n) is 1.96. The van der Waals surface area contributed by atoms with E-state index in [-0.39, 0.29) is 16.1 Å². The molecular formula is C17H14ClNO6S. The van der Waals surface area contributed by atoms with Crippen LogP contribution in [0.1, 0.15) is 15.9 Å². The fraction of sp³-hybridized carbons (Fsp3) is 0.0588. The van der Waals surface area contributed by atoms with E-state index in [2.05, 4.69) is 4.72 Å². The topological polar surface area (TPSA) is 121 Å². The van der Waals surface area contributed by atoms with Crippen LogP contribution in [-0.4, -0.2) is 30.4 Å². The van der Waals surface area contributed by atoms with Crippen molar-refractivity contribution in [1.82, 2.24) is 0 Å². The summed E-state index contributed by atoms with van der Waals surface area (Å²) in [5.74, 6) is -3.55. The second kappa shape index (κ2) is 7.59. The van der Waals surface area contributed by atoms with Gasteiger partial charge in [-0.2, -0.15) is 0 Å². The number of aliphatic carboxylic acids is 1. The number of aryl methyl sites for hydroxylation is 1. The van der Waals surface area contributed by atoms with Crippen molar-refractivity contribution in [2.75, 3.05) is 4.72 Å². The lowest BCUT2D eigenvalue weighted by atomic mass is 10.1. The van der Waals surface area contributed by atoms with E-state index in [0.717, 1.165) is 5.56 Å². The maximum atomic E-state index is 12.4. The number of carboxylic acid groups (broad SMARTS) is 1. The van der Waals surface area contributed by atoms with E-state index in [1.165, 1.54) is 36.4 Å². The number of hydrogen-bond acceptors (Lipinski definition) is 5. The van der Waals surface area contributed by atoms with Crippen LogP contribution in [-0.2, 0) is 14.8 Å². The number of ketones is 1. The van der Waals surface area contributed by atoms with Gasteiger partial charge in [0.05, 0.1) is 4.90 Å².